The van der Waals surface area contributed by atoms with Crippen molar-refractivity contribution in [2.24, 2.45) is 11.8 Å². The van der Waals surface area contributed by atoms with Gasteiger partial charge in [-0.15, -0.1) is 0 Å². The van der Waals surface area contributed by atoms with E-state index in [9.17, 15) is 14.7 Å². The third kappa shape index (κ3) is 4.05. The molecule has 2 aromatic rings. The second-order valence-electron chi connectivity index (χ2n) is 8.22. The Morgan fingerprint density at radius 2 is 1.93 bits per heavy atom. The van der Waals surface area contributed by atoms with E-state index in [-0.39, 0.29) is 35.0 Å². The minimum Gasteiger partial charge on any atom is -0.488 e. The summed E-state index contributed by atoms with van der Waals surface area (Å²) in [5.41, 5.74) is 1.29. The van der Waals surface area contributed by atoms with Gasteiger partial charge in [0.25, 0.3) is 11.5 Å². The van der Waals surface area contributed by atoms with Crippen LogP contribution in [0, 0.1) is 25.7 Å². The molecule has 4 atom stereocenters. The molecule has 1 saturated heterocycles. The molecule has 154 valence electrons. The van der Waals surface area contributed by atoms with Gasteiger partial charge in [0.05, 0.1) is 6.10 Å². The van der Waals surface area contributed by atoms with E-state index in [4.69, 9.17) is 16.3 Å². The van der Waals surface area contributed by atoms with Crippen molar-refractivity contribution in [3.05, 3.63) is 62.5 Å². The minimum atomic E-state index is -0.602. The third-order valence-corrected chi connectivity index (χ3v) is 6.27. The number of H-pyrrole nitrogens is 1. The molecule has 1 aromatic carbocycles. The van der Waals surface area contributed by atoms with Crippen LogP contribution in [-0.4, -0.2) is 46.2 Å². The molecule has 2 N–H and O–H groups in total. The van der Waals surface area contributed by atoms with Crippen LogP contribution in [0.1, 0.15) is 34.5 Å². The number of aromatic nitrogens is 1. The van der Waals surface area contributed by atoms with Gasteiger partial charge in [-0.25, -0.2) is 0 Å². The summed E-state index contributed by atoms with van der Waals surface area (Å²) < 4.78 is 6.00. The van der Waals surface area contributed by atoms with Crippen LogP contribution in [0.5, 0.6) is 5.75 Å². The summed E-state index contributed by atoms with van der Waals surface area (Å²) in [6.45, 7) is 4.71. The Balaban J connectivity index is 1.47. The largest absolute Gasteiger partial charge is 0.488 e. The Morgan fingerprint density at radius 3 is 2.62 bits per heavy atom. The molecular formula is C22H25ClN2O4. The molecule has 0 radical (unpaired) electrons. The van der Waals surface area contributed by atoms with Crippen molar-refractivity contribution in [1.82, 2.24) is 9.88 Å². The number of ether oxygens (including phenoxy) is 1. The Morgan fingerprint density at radius 1 is 1.21 bits per heavy atom. The molecule has 1 aliphatic heterocycles. The molecule has 7 heteroatoms. The summed E-state index contributed by atoms with van der Waals surface area (Å²) in [7, 11) is 0. The molecular weight excluding hydrogens is 392 g/mol. The number of nitrogens with zero attached hydrogens (tertiary/aromatic N) is 1. The third-order valence-electron chi connectivity index (χ3n) is 6.03. The first-order chi connectivity index (χ1) is 13.8. The Bertz CT molecular complexity index is 989. The molecule has 4 rings (SSSR count). The molecule has 2 heterocycles. The fourth-order valence-electron chi connectivity index (χ4n) is 4.68. The van der Waals surface area contributed by atoms with Crippen molar-refractivity contribution in [1.29, 1.82) is 0 Å². The van der Waals surface area contributed by atoms with E-state index in [1.165, 1.54) is 0 Å². The molecule has 2 fully saturated rings. The number of hydrogen-bond acceptors (Lipinski definition) is 4. The number of aryl methyl sites for hydroxylation is 2. The Hall–Kier alpha value is -2.31. The van der Waals surface area contributed by atoms with Gasteiger partial charge in [0.15, 0.2) is 0 Å². The van der Waals surface area contributed by atoms with Gasteiger partial charge in [0.1, 0.15) is 17.4 Å². The van der Waals surface area contributed by atoms with Gasteiger partial charge in [-0.3, -0.25) is 9.59 Å². The maximum absolute atomic E-state index is 13.0. The first-order valence-electron chi connectivity index (χ1n) is 9.92. The van der Waals surface area contributed by atoms with Crippen molar-refractivity contribution in [2.45, 2.75) is 38.9 Å². The highest BCUT2D eigenvalue weighted by atomic mass is 35.5. The number of rotatable bonds is 3. The van der Waals surface area contributed by atoms with Crippen LogP contribution < -0.4 is 10.3 Å². The lowest BCUT2D eigenvalue weighted by atomic mass is 9.78. The van der Waals surface area contributed by atoms with Gasteiger partial charge >= 0.3 is 0 Å². The molecule has 6 nitrogen and oxygen atoms in total. The van der Waals surface area contributed by atoms with Crippen LogP contribution in [0.15, 0.2) is 35.1 Å². The Labute approximate surface area is 174 Å². The average Bonchev–Trinajstić information content (AvgIpc) is 3.04. The van der Waals surface area contributed by atoms with Crippen molar-refractivity contribution < 1.29 is 14.6 Å². The highest BCUT2D eigenvalue weighted by Crippen LogP contribution is 2.38. The summed E-state index contributed by atoms with van der Waals surface area (Å²) in [6, 6.07) is 8.96. The SMILES string of the molecule is Cc1cc(C)c(C(=O)N2C[C@H]3C[C@@H](Oc4cccc(Cl)c4)[C@H](O)C[C@H]3C2)c(=O)[nH]1. The second-order valence-corrected chi connectivity index (χ2v) is 8.66. The number of aliphatic hydroxyl groups is 1. The monoisotopic (exact) mass is 416 g/mol. The quantitative estimate of drug-likeness (QED) is 0.805. The van der Waals surface area contributed by atoms with E-state index >= 15 is 0 Å². The van der Waals surface area contributed by atoms with Crippen LogP contribution in [0.2, 0.25) is 5.02 Å². The number of fused-ring (bicyclic) bond motifs is 1. The smallest absolute Gasteiger partial charge is 0.261 e. The zero-order valence-electron chi connectivity index (χ0n) is 16.5. The lowest BCUT2D eigenvalue weighted by Crippen LogP contribution is -2.42. The van der Waals surface area contributed by atoms with Crippen LogP contribution in [0.3, 0.4) is 0 Å². The Kier molecular flexibility index (Phi) is 5.40. The number of hydrogen-bond donors (Lipinski definition) is 2. The number of likely N-dealkylation sites (tertiary alicyclic amines) is 1. The molecule has 1 amide bonds. The van der Waals surface area contributed by atoms with Gasteiger partial charge in [-0.2, -0.15) is 0 Å². The number of carbonyl (C=O) groups excluding carboxylic acids is 1. The zero-order chi connectivity index (χ0) is 20.7. The summed E-state index contributed by atoms with van der Waals surface area (Å²) >= 11 is 6.02. The highest BCUT2D eigenvalue weighted by Gasteiger charge is 2.44. The van der Waals surface area contributed by atoms with E-state index in [2.05, 4.69) is 4.98 Å². The fourth-order valence-corrected chi connectivity index (χ4v) is 4.86. The first kappa shape index (κ1) is 20.0. The summed E-state index contributed by atoms with van der Waals surface area (Å²) in [5.74, 6) is 0.835. The fraction of sp³-hybridized carbons (Fsp3) is 0.455. The number of benzene rings is 1. The van der Waals surface area contributed by atoms with Gasteiger partial charge in [-0.1, -0.05) is 17.7 Å². The molecule has 1 aliphatic carbocycles. The molecule has 0 spiro atoms. The topological polar surface area (TPSA) is 82.6 Å². The summed E-state index contributed by atoms with van der Waals surface area (Å²) in [4.78, 5) is 29.8. The van der Waals surface area contributed by atoms with E-state index in [0.29, 0.717) is 42.3 Å². The minimum absolute atomic E-state index is 0.206. The van der Waals surface area contributed by atoms with E-state index in [0.717, 1.165) is 5.69 Å². The van der Waals surface area contributed by atoms with E-state index in [1.807, 2.05) is 18.2 Å². The number of halogens is 1. The predicted molar refractivity (Wildman–Crippen MR) is 111 cm³/mol. The van der Waals surface area contributed by atoms with Crippen LogP contribution in [0.4, 0.5) is 0 Å². The van der Waals surface area contributed by atoms with Crippen LogP contribution >= 0.6 is 11.6 Å². The van der Waals surface area contributed by atoms with E-state index < -0.39 is 6.10 Å². The van der Waals surface area contributed by atoms with Crippen LogP contribution in [-0.2, 0) is 0 Å². The standard InChI is InChI=1S/C22H25ClN2O4/c1-12-6-13(2)24-21(27)20(12)22(28)25-10-14-7-18(26)19(8-15(14)11-25)29-17-5-3-4-16(23)9-17/h3-6,9,14-15,18-19,26H,7-8,10-11H2,1-2H3,(H,24,27)/t14-,15+,18+,19+/m0/s1. The predicted octanol–water partition coefficient (Wildman–Crippen LogP) is 2.94. The van der Waals surface area contributed by atoms with Gasteiger partial charge in [0, 0.05) is 23.8 Å². The normalized spacial score (nSPS) is 26.3. The number of amides is 1. The van der Waals surface area contributed by atoms with Gasteiger partial charge in [-0.05, 0) is 68.4 Å². The van der Waals surface area contributed by atoms with Crippen molar-refractivity contribution >= 4 is 17.5 Å². The van der Waals surface area contributed by atoms with Crippen molar-refractivity contribution in [3.8, 4) is 5.75 Å². The van der Waals surface area contributed by atoms with Crippen LogP contribution in [0.25, 0.3) is 0 Å². The molecule has 2 aliphatic rings. The number of nitrogens with one attached hydrogen (secondary N) is 1. The number of carbonyl (C=O) groups is 1. The van der Waals surface area contributed by atoms with Crippen molar-refractivity contribution in [3.63, 3.8) is 0 Å². The molecule has 1 aromatic heterocycles. The molecule has 0 bridgehead atoms. The lowest BCUT2D eigenvalue weighted by Gasteiger charge is -2.35. The number of pyridine rings is 1. The number of aliphatic hydroxyl groups excluding tert-OH is 1. The zero-order valence-corrected chi connectivity index (χ0v) is 17.3. The van der Waals surface area contributed by atoms with Crippen molar-refractivity contribution in [2.75, 3.05) is 13.1 Å². The highest BCUT2D eigenvalue weighted by molar-refractivity contribution is 6.30. The molecule has 0 unspecified atom stereocenters. The maximum atomic E-state index is 13.0. The molecule has 1 saturated carbocycles. The first-order valence-corrected chi connectivity index (χ1v) is 10.3. The lowest BCUT2D eigenvalue weighted by molar-refractivity contribution is -0.0231. The molecule has 29 heavy (non-hydrogen) atoms. The second kappa shape index (κ2) is 7.84. The van der Waals surface area contributed by atoms with Gasteiger partial charge < -0.3 is 19.7 Å². The number of aromatic amines is 1. The van der Waals surface area contributed by atoms with E-state index in [1.54, 1.807) is 30.9 Å². The average molecular weight is 417 g/mol. The van der Waals surface area contributed by atoms with Gasteiger partial charge in [0.2, 0.25) is 0 Å². The maximum Gasteiger partial charge on any atom is 0.261 e. The summed E-state index contributed by atoms with van der Waals surface area (Å²) in [5, 5.41) is 11.2. The summed E-state index contributed by atoms with van der Waals surface area (Å²) in [6.07, 6.45) is 0.290.